The molecule has 0 saturated heterocycles. The van der Waals surface area contributed by atoms with Crippen LogP contribution in [-0.4, -0.2) is 47.0 Å². The Morgan fingerprint density at radius 3 is 2.84 bits per heavy atom. The maximum Gasteiger partial charge on any atom is 0.328 e. The molecule has 2 aromatic heterocycles. The van der Waals surface area contributed by atoms with Gasteiger partial charge in [-0.3, -0.25) is 18.9 Å². The smallest absolute Gasteiger partial charge is 0.328 e. The Morgan fingerprint density at radius 2 is 2.11 bits per heavy atom. The van der Waals surface area contributed by atoms with Gasteiger partial charge in [-0.05, 0) is 48.9 Å². The number of aliphatic carboxylic acids is 1. The Balaban J connectivity index is 1.58. The number of benzene rings is 1. The molecule has 1 fully saturated rings. The fraction of sp³-hybridized carbons (Fsp3) is 0.500. The summed E-state index contributed by atoms with van der Waals surface area (Å²) in [5.41, 5.74) is 2.19. The second-order valence-electron chi connectivity index (χ2n) is 10.5. The second-order valence-corrected chi connectivity index (χ2v) is 10.5. The number of rotatable bonds is 9. The summed E-state index contributed by atoms with van der Waals surface area (Å²) in [5.74, 6) is -0.851. The van der Waals surface area contributed by atoms with Crippen molar-refractivity contribution in [2.24, 2.45) is 10.9 Å². The van der Waals surface area contributed by atoms with E-state index in [1.165, 1.54) is 0 Å². The number of hydrogen-bond acceptors (Lipinski definition) is 6. The number of carboxylic acid groups (broad SMARTS) is 1. The van der Waals surface area contributed by atoms with Crippen LogP contribution in [0.4, 0.5) is 0 Å². The first-order valence-electron chi connectivity index (χ1n) is 13.6. The summed E-state index contributed by atoms with van der Waals surface area (Å²) in [4.78, 5) is 30.6. The molecule has 1 aliphatic carbocycles. The largest absolute Gasteiger partial charge is 0.481 e. The molecule has 0 spiro atoms. The maximum absolute atomic E-state index is 14.1. The van der Waals surface area contributed by atoms with Gasteiger partial charge in [0, 0.05) is 41.8 Å². The van der Waals surface area contributed by atoms with Gasteiger partial charge in [0.05, 0.1) is 12.0 Å². The van der Waals surface area contributed by atoms with Gasteiger partial charge in [0.1, 0.15) is 0 Å². The summed E-state index contributed by atoms with van der Waals surface area (Å²) >= 11 is 0. The van der Waals surface area contributed by atoms with Crippen molar-refractivity contribution >= 4 is 12.2 Å². The summed E-state index contributed by atoms with van der Waals surface area (Å²) in [6.07, 6.45) is 15.2. The van der Waals surface area contributed by atoms with Gasteiger partial charge in [0.15, 0.2) is 0 Å². The number of carbonyl (C=O) groups is 1. The van der Waals surface area contributed by atoms with E-state index in [1.807, 2.05) is 35.2 Å². The predicted molar refractivity (Wildman–Crippen MR) is 144 cm³/mol. The molecular formula is C28H35N7O3. The molecule has 3 heterocycles. The topological polar surface area (TPSA) is 131 Å². The molecule has 3 aromatic rings. The van der Waals surface area contributed by atoms with Crippen molar-refractivity contribution in [3.8, 4) is 11.4 Å². The van der Waals surface area contributed by atoms with E-state index in [-0.39, 0.29) is 11.7 Å². The first-order valence-corrected chi connectivity index (χ1v) is 13.6. The predicted octanol–water partition coefficient (Wildman–Crippen LogP) is 4.30. The van der Waals surface area contributed by atoms with Crippen molar-refractivity contribution in [3.05, 3.63) is 64.5 Å². The van der Waals surface area contributed by atoms with E-state index >= 15 is 0 Å². The summed E-state index contributed by atoms with van der Waals surface area (Å²) in [6, 6.07) is 7.69. The number of aromatic nitrogens is 6. The molecule has 3 atom stereocenters. The third-order valence-corrected chi connectivity index (χ3v) is 8.05. The first-order chi connectivity index (χ1) is 18.5. The quantitative estimate of drug-likeness (QED) is 0.407. The number of H-pyrrole nitrogens is 1. The maximum atomic E-state index is 14.1. The van der Waals surface area contributed by atoms with Gasteiger partial charge in [0.2, 0.25) is 5.82 Å². The number of aryl methyl sites for hydroxylation is 1. The third kappa shape index (κ3) is 5.12. The number of imidazole rings is 1. The molecule has 10 nitrogen and oxygen atoms in total. The Labute approximate surface area is 221 Å². The van der Waals surface area contributed by atoms with Gasteiger partial charge in [-0.15, -0.1) is 10.2 Å². The zero-order valence-corrected chi connectivity index (χ0v) is 21.8. The van der Waals surface area contributed by atoms with Gasteiger partial charge in [-0.2, -0.15) is 5.21 Å². The van der Waals surface area contributed by atoms with E-state index < -0.39 is 17.3 Å². The number of allylic oxidation sites excluding steroid dienone is 1. The number of nitrogens with one attached hydrogen (secondary N) is 1. The Bertz CT molecular complexity index is 1370. The fourth-order valence-electron chi connectivity index (χ4n) is 5.91. The Hall–Kier alpha value is -3.82. The molecular weight excluding hydrogens is 482 g/mol. The highest BCUT2D eigenvalue weighted by molar-refractivity contribution is 5.70. The van der Waals surface area contributed by atoms with Crippen LogP contribution in [0.1, 0.15) is 75.6 Å². The standard InChI is InChI=1S/C28H35N7O3/c1-2-3-10-22-18-34(24-12-6-4-5-11-23(24)26(36)37)27(38)35(22)19-28(13-15-29-16-14-28)21-9-7-8-20(17-21)25-30-32-33-31-25/h7-9,13,15-18,23-24H,2-6,10-12,14,19H2,1H3,(H,36,37)(H,30,31,32,33). The summed E-state index contributed by atoms with van der Waals surface area (Å²) < 4.78 is 3.61. The lowest BCUT2D eigenvalue weighted by atomic mass is 9.76. The molecule has 2 aliphatic rings. The molecule has 1 aliphatic heterocycles. The molecule has 0 amide bonds. The third-order valence-electron chi connectivity index (χ3n) is 8.05. The van der Waals surface area contributed by atoms with Crippen LogP contribution in [0.2, 0.25) is 0 Å². The zero-order valence-electron chi connectivity index (χ0n) is 21.8. The average molecular weight is 518 g/mol. The molecule has 0 bridgehead atoms. The van der Waals surface area contributed by atoms with Crippen molar-refractivity contribution in [2.75, 3.05) is 0 Å². The highest BCUT2D eigenvalue weighted by atomic mass is 16.4. The lowest BCUT2D eigenvalue weighted by Gasteiger charge is -2.32. The Kier molecular flexibility index (Phi) is 7.67. The number of unbranched alkanes of at least 4 members (excludes halogenated alkanes) is 1. The van der Waals surface area contributed by atoms with Crippen LogP contribution in [0.5, 0.6) is 0 Å². The van der Waals surface area contributed by atoms with Crippen LogP contribution < -0.4 is 5.69 Å². The molecule has 3 unspecified atom stereocenters. The van der Waals surface area contributed by atoms with E-state index in [2.05, 4.69) is 44.7 Å². The number of carboxylic acids is 1. The normalized spacial score (nSPS) is 23.4. The average Bonchev–Trinajstić information content (AvgIpc) is 3.50. The van der Waals surface area contributed by atoms with E-state index in [1.54, 1.807) is 10.8 Å². The highest BCUT2D eigenvalue weighted by Gasteiger charge is 2.36. The van der Waals surface area contributed by atoms with Crippen LogP contribution in [-0.2, 0) is 23.2 Å². The summed E-state index contributed by atoms with van der Waals surface area (Å²) in [5, 5.41) is 24.4. The van der Waals surface area contributed by atoms with E-state index in [0.717, 1.165) is 55.3 Å². The van der Waals surface area contributed by atoms with Crippen LogP contribution >= 0.6 is 0 Å². The van der Waals surface area contributed by atoms with Gasteiger partial charge in [-0.1, -0.05) is 56.9 Å². The zero-order chi connectivity index (χ0) is 26.5. The van der Waals surface area contributed by atoms with Gasteiger partial charge >= 0.3 is 11.7 Å². The lowest BCUT2D eigenvalue weighted by molar-refractivity contribution is -0.143. The Morgan fingerprint density at radius 1 is 1.24 bits per heavy atom. The number of aliphatic imine (C=N–C) groups is 1. The van der Waals surface area contributed by atoms with Crippen molar-refractivity contribution in [2.45, 2.75) is 82.7 Å². The molecule has 5 rings (SSSR count). The molecule has 200 valence electrons. The summed E-state index contributed by atoms with van der Waals surface area (Å²) in [6.45, 7) is 2.57. The highest BCUT2D eigenvalue weighted by Crippen LogP contribution is 2.36. The number of aromatic amines is 1. The van der Waals surface area contributed by atoms with Gasteiger partial charge in [0.25, 0.3) is 0 Å². The van der Waals surface area contributed by atoms with E-state index in [0.29, 0.717) is 31.6 Å². The number of hydrogen-bond donors (Lipinski definition) is 2. The second kappa shape index (κ2) is 11.3. The van der Waals surface area contributed by atoms with Crippen LogP contribution in [0.15, 0.2) is 52.5 Å². The molecule has 38 heavy (non-hydrogen) atoms. The van der Waals surface area contributed by atoms with Gasteiger partial charge < -0.3 is 5.11 Å². The first kappa shape index (κ1) is 25.8. The van der Waals surface area contributed by atoms with Crippen molar-refractivity contribution in [3.63, 3.8) is 0 Å². The molecule has 1 saturated carbocycles. The lowest BCUT2D eigenvalue weighted by Crippen LogP contribution is -2.39. The van der Waals surface area contributed by atoms with Crippen molar-refractivity contribution in [1.29, 1.82) is 0 Å². The molecule has 10 heteroatoms. The molecule has 0 radical (unpaired) electrons. The summed E-state index contributed by atoms with van der Waals surface area (Å²) in [7, 11) is 0. The minimum atomic E-state index is -0.812. The van der Waals surface area contributed by atoms with Gasteiger partial charge in [-0.25, -0.2) is 4.79 Å². The van der Waals surface area contributed by atoms with Crippen molar-refractivity contribution in [1.82, 2.24) is 29.8 Å². The number of nitrogens with zero attached hydrogens (tertiary/aromatic N) is 6. The fourth-order valence-corrected chi connectivity index (χ4v) is 5.91. The minimum Gasteiger partial charge on any atom is -0.481 e. The van der Waals surface area contributed by atoms with E-state index in [4.69, 9.17) is 0 Å². The molecule has 2 N–H and O–H groups in total. The molecule has 1 aromatic carbocycles. The minimum absolute atomic E-state index is 0.126. The SMILES string of the molecule is CCCCc1cn(C2CCCCCC2C(=O)O)c(=O)n1CC1(c2cccc(-c3nn[nH]n3)c2)C=CN=CC1. The van der Waals surface area contributed by atoms with E-state index in [9.17, 15) is 14.7 Å². The van der Waals surface area contributed by atoms with Crippen molar-refractivity contribution < 1.29 is 9.90 Å². The van der Waals surface area contributed by atoms with Crippen LogP contribution in [0, 0.1) is 5.92 Å². The number of tetrazole rings is 1. The monoisotopic (exact) mass is 517 g/mol. The van der Waals surface area contributed by atoms with Crippen LogP contribution in [0.25, 0.3) is 11.4 Å². The van der Waals surface area contributed by atoms with Crippen LogP contribution in [0.3, 0.4) is 0 Å².